The van der Waals surface area contributed by atoms with E-state index in [1.165, 1.54) is 28.0 Å². The zero-order chi connectivity index (χ0) is 31.9. The molecule has 1 aliphatic heterocycles. The molecule has 240 valence electrons. The van der Waals surface area contributed by atoms with Gasteiger partial charge in [0.2, 0.25) is 0 Å². The number of pyridine rings is 1. The fraction of sp³-hybridized carbons (Fsp3) is 0.515. The van der Waals surface area contributed by atoms with Crippen LogP contribution in [0.15, 0.2) is 36.5 Å². The van der Waals surface area contributed by atoms with Gasteiger partial charge in [0.1, 0.15) is 16.0 Å². The lowest BCUT2D eigenvalue weighted by molar-refractivity contribution is -0.906. The number of carbonyl (C=O) groups is 1. The molecule has 1 fully saturated rings. The van der Waals surface area contributed by atoms with Gasteiger partial charge in [-0.15, -0.1) is 0 Å². The molecule has 0 bridgehead atoms. The van der Waals surface area contributed by atoms with Gasteiger partial charge in [-0.2, -0.15) is 18.3 Å². The van der Waals surface area contributed by atoms with Crippen LogP contribution < -0.4 is 10.2 Å². The molecule has 1 aliphatic carbocycles. The highest BCUT2D eigenvalue weighted by atomic mass is 32.1. The number of piperidine rings is 1. The molecule has 2 aliphatic rings. The summed E-state index contributed by atoms with van der Waals surface area (Å²) < 4.78 is 40.4. The maximum Gasteiger partial charge on any atom is 0.433 e. The molecule has 45 heavy (non-hydrogen) atoms. The number of carbonyl (C=O) groups excluding carboxylic acids is 1. The fourth-order valence-corrected chi connectivity index (χ4v) is 7.46. The third kappa shape index (κ3) is 7.07. The topological polar surface area (TPSA) is 108 Å². The van der Waals surface area contributed by atoms with Crippen LogP contribution in [0.4, 0.5) is 13.2 Å². The molecule has 3 aromatic heterocycles. The number of nitrogens with one attached hydrogen (secondary N) is 3. The van der Waals surface area contributed by atoms with Crippen molar-refractivity contribution < 1.29 is 28.0 Å². The summed E-state index contributed by atoms with van der Waals surface area (Å²) in [6, 6.07) is 8.52. The van der Waals surface area contributed by atoms with E-state index < -0.39 is 11.9 Å². The monoisotopic (exact) mass is 641 g/mol. The molecule has 0 spiro atoms. The third-order valence-corrected chi connectivity index (χ3v) is 10.4. The molecule has 1 amide bonds. The van der Waals surface area contributed by atoms with Crippen LogP contribution in [0.25, 0.3) is 21.5 Å². The van der Waals surface area contributed by atoms with Gasteiger partial charge in [0.05, 0.1) is 38.0 Å². The predicted octanol–water partition coefficient (Wildman–Crippen LogP) is 5.15. The van der Waals surface area contributed by atoms with Crippen LogP contribution in [-0.4, -0.2) is 56.9 Å². The Morgan fingerprint density at radius 3 is 2.56 bits per heavy atom. The Kier molecular flexibility index (Phi) is 8.75. The van der Waals surface area contributed by atoms with Crippen molar-refractivity contribution in [1.29, 1.82) is 0 Å². The number of aliphatic hydroxyl groups is 1. The van der Waals surface area contributed by atoms with Crippen LogP contribution in [0.2, 0.25) is 0 Å². The maximum absolute atomic E-state index is 13.6. The SMILES string of the molecule is CC(C)(C)[C@H]1CCc2nc3sc(C(=O)N[C@H](CC[NH+]4CCC(O)CC4)c4ccc(-c5cn[nH]c5C(F)(F)F)cc4)nc3cc2C1. The normalized spacial score (nSPS) is 21.4. The van der Waals surface area contributed by atoms with Gasteiger partial charge in [0, 0.05) is 30.5 Å². The first kappa shape index (κ1) is 31.6. The van der Waals surface area contributed by atoms with E-state index in [1.54, 1.807) is 24.3 Å². The second kappa shape index (κ2) is 12.4. The molecule has 0 unspecified atom stereocenters. The number of nitrogens with zero attached hydrogens (tertiary/aromatic N) is 3. The van der Waals surface area contributed by atoms with E-state index >= 15 is 0 Å². The zero-order valence-electron chi connectivity index (χ0n) is 25.8. The number of hydrogen-bond donors (Lipinski definition) is 4. The van der Waals surface area contributed by atoms with E-state index in [4.69, 9.17) is 4.98 Å². The lowest BCUT2D eigenvalue weighted by Crippen LogP contribution is -3.13. The highest BCUT2D eigenvalue weighted by Crippen LogP contribution is 2.38. The molecule has 1 aromatic carbocycles. The molecule has 0 saturated carbocycles. The van der Waals surface area contributed by atoms with Crippen LogP contribution >= 0.6 is 11.3 Å². The summed E-state index contributed by atoms with van der Waals surface area (Å²) in [5, 5.41) is 19.1. The van der Waals surface area contributed by atoms with E-state index in [0.29, 0.717) is 22.9 Å². The number of aromatic amines is 1. The first-order chi connectivity index (χ1) is 21.3. The Bertz CT molecular complexity index is 1650. The largest absolute Gasteiger partial charge is 0.433 e. The van der Waals surface area contributed by atoms with E-state index in [9.17, 15) is 23.1 Å². The number of aryl methyl sites for hydroxylation is 1. The number of alkyl halides is 3. The fourth-order valence-electron chi connectivity index (χ4n) is 6.62. The summed E-state index contributed by atoms with van der Waals surface area (Å²) in [7, 11) is 0. The summed E-state index contributed by atoms with van der Waals surface area (Å²) >= 11 is 1.29. The van der Waals surface area contributed by atoms with Gasteiger partial charge in [0.15, 0.2) is 5.01 Å². The molecule has 2 atom stereocenters. The Morgan fingerprint density at radius 1 is 1.13 bits per heavy atom. The first-order valence-electron chi connectivity index (χ1n) is 15.7. The number of amides is 1. The third-order valence-electron chi connectivity index (χ3n) is 9.47. The van der Waals surface area contributed by atoms with E-state index in [0.717, 1.165) is 73.3 Å². The Hall–Kier alpha value is -3.35. The number of halogens is 3. The van der Waals surface area contributed by atoms with Gasteiger partial charge < -0.3 is 15.3 Å². The number of aliphatic hydroxyl groups excluding tert-OH is 1. The van der Waals surface area contributed by atoms with Crippen molar-refractivity contribution in [2.45, 2.75) is 77.6 Å². The summed E-state index contributed by atoms with van der Waals surface area (Å²) in [6.45, 7) is 9.31. The number of fused-ring (bicyclic) bond motifs is 2. The molecule has 8 nitrogen and oxygen atoms in total. The molecule has 0 radical (unpaired) electrons. The minimum atomic E-state index is -4.55. The predicted molar refractivity (Wildman–Crippen MR) is 167 cm³/mol. The molecule has 4 aromatic rings. The minimum Gasteiger partial charge on any atom is -0.393 e. The summed E-state index contributed by atoms with van der Waals surface area (Å²) in [6.07, 6.45) is 1.44. The van der Waals surface area contributed by atoms with E-state index in [2.05, 4.69) is 47.3 Å². The lowest BCUT2D eigenvalue weighted by Gasteiger charge is -2.34. The molecule has 4 N–H and O–H groups in total. The van der Waals surface area contributed by atoms with Crippen molar-refractivity contribution in [2.24, 2.45) is 11.3 Å². The van der Waals surface area contributed by atoms with Gasteiger partial charge >= 0.3 is 6.18 Å². The number of likely N-dealkylation sites (tertiary alicyclic amines) is 1. The van der Waals surface area contributed by atoms with Gasteiger partial charge in [-0.25, -0.2) is 9.97 Å². The van der Waals surface area contributed by atoms with E-state index in [1.807, 2.05) is 0 Å². The number of aromatic nitrogens is 4. The molecule has 6 rings (SSSR count). The number of benzene rings is 1. The lowest BCUT2D eigenvalue weighted by atomic mass is 9.71. The van der Waals surface area contributed by atoms with Crippen molar-refractivity contribution in [3.8, 4) is 11.1 Å². The van der Waals surface area contributed by atoms with Gasteiger partial charge in [-0.3, -0.25) is 9.89 Å². The quantitative estimate of drug-likeness (QED) is 0.223. The molecule has 4 heterocycles. The maximum atomic E-state index is 13.6. The average Bonchev–Trinajstić information content (AvgIpc) is 3.66. The van der Waals surface area contributed by atoms with Crippen LogP contribution in [0.3, 0.4) is 0 Å². The van der Waals surface area contributed by atoms with Crippen molar-refractivity contribution in [2.75, 3.05) is 19.6 Å². The van der Waals surface area contributed by atoms with Crippen molar-refractivity contribution in [3.63, 3.8) is 0 Å². The highest BCUT2D eigenvalue weighted by molar-refractivity contribution is 7.19. The van der Waals surface area contributed by atoms with Crippen molar-refractivity contribution in [1.82, 2.24) is 25.5 Å². The number of quaternary nitrogens is 1. The minimum absolute atomic E-state index is 0.0237. The standard InChI is InChI=1S/C33H39F3N6O2S/c1-32(2,3)22-8-9-25-21(16-22)17-27-30(39-25)45-31(40-27)29(44)38-26(12-15-42-13-10-23(43)11-14-42)20-6-4-19(5-7-20)24-18-37-41-28(24)33(34,35)36/h4-7,17-18,22-23,26,43H,8-16H2,1-3H3,(H,37,41)(H,38,44)/p+1/t22-,26+/m0/s1. The number of thiazole rings is 1. The molecule has 1 saturated heterocycles. The molecular weight excluding hydrogens is 601 g/mol. The summed E-state index contributed by atoms with van der Waals surface area (Å²) in [5.74, 6) is 0.271. The Balaban J connectivity index is 1.23. The molecule has 12 heteroatoms. The van der Waals surface area contributed by atoms with Gasteiger partial charge in [-0.1, -0.05) is 56.4 Å². The second-order valence-electron chi connectivity index (χ2n) is 13.6. The smallest absolute Gasteiger partial charge is 0.393 e. The van der Waals surface area contributed by atoms with Gasteiger partial charge in [-0.05, 0) is 53.4 Å². The molecular formula is C33H40F3N6O2S+. The van der Waals surface area contributed by atoms with Crippen LogP contribution in [0.5, 0.6) is 0 Å². The van der Waals surface area contributed by atoms with Crippen molar-refractivity contribution >= 4 is 27.6 Å². The Morgan fingerprint density at radius 2 is 1.87 bits per heavy atom. The number of hydrogen-bond acceptors (Lipinski definition) is 6. The number of rotatable bonds is 7. The van der Waals surface area contributed by atoms with Crippen molar-refractivity contribution in [3.05, 3.63) is 64.1 Å². The average molecular weight is 642 g/mol. The second-order valence-corrected chi connectivity index (χ2v) is 14.5. The van der Waals surface area contributed by atoms with Gasteiger partial charge in [0.25, 0.3) is 5.91 Å². The summed E-state index contributed by atoms with van der Waals surface area (Å²) in [5.41, 5.74) is 3.51. The van der Waals surface area contributed by atoms with E-state index in [-0.39, 0.29) is 29.0 Å². The van der Waals surface area contributed by atoms with Crippen LogP contribution in [0, 0.1) is 11.3 Å². The number of H-pyrrole nitrogens is 1. The first-order valence-corrected chi connectivity index (χ1v) is 16.5. The zero-order valence-corrected chi connectivity index (χ0v) is 26.6. The summed E-state index contributed by atoms with van der Waals surface area (Å²) in [4.78, 5) is 25.3. The van der Waals surface area contributed by atoms with Crippen LogP contribution in [-0.2, 0) is 19.0 Å². The highest BCUT2D eigenvalue weighted by Gasteiger charge is 2.36. The Labute approximate surface area is 264 Å². The van der Waals surface area contributed by atoms with Crippen LogP contribution in [0.1, 0.15) is 84.8 Å².